The van der Waals surface area contributed by atoms with Crippen molar-refractivity contribution in [3.05, 3.63) is 82.8 Å². The van der Waals surface area contributed by atoms with Crippen LogP contribution in [-0.2, 0) is 16.8 Å². The fourth-order valence-electron chi connectivity index (χ4n) is 4.80. The fourth-order valence-corrected chi connectivity index (χ4v) is 4.80. The molecule has 0 unspecified atom stereocenters. The first-order chi connectivity index (χ1) is 17.7. The topological polar surface area (TPSA) is 134 Å². The molecule has 4 aromatic heterocycles. The van der Waals surface area contributed by atoms with Gasteiger partial charge in [-0.2, -0.15) is 10.2 Å². The summed E-state index contributed by atoms with van der Waals surface area (Å²) in [6.45, 7) is 5.75. The number of nitrogens with one attached hydrogen (secondary N) is 2. The third kappa shape index (κ3) is 5.41. The Morgan fingerprint density at radius 1 is 1.24 bits per heavy atom. The minimum atomic E-state index is -1.17. The summed E-state index contributed by atoms with van der Waals surface area (Å²) in [7, 11) is 0. The summed E-state index contributed by atoms with van der Waals surface area (Å²) < 4.78 is 14.5. The first-order valence-electron chi connectivity index (χ1n) is 12.2. The predicted octanol–water partition coefficient (Wildman–Crippen LogP) is 2.99. The number of halogens is 1. The minimum absolute atomic E-state index is 0.150. The first-order valence-corrected chi connectivity index (χ1v) is 12.2. The molecule has 192 valence electrons. The highest BCUT2D eigenvalue weighted by Crippen LogP contribution is 2.42. The maximum absolute atomic E-state index is 13.2. The zero-order chi connectivity index (χ0) is 26.2. The lowest BCUT2D eigenvalue weighted by molar-refractivity contribution is -0.126. The number of amides is 1. The van der Waals surface area contributed by atoms with E-state index in [9.17, 15) is 14.3 Å². The third-order valence-electron chi connectivity index (χ3n) is 6.73. The van der Waals surface area contributed by atoms with Crippen LogP contribution in [0.2, 0.25) is 0 Å². The number of aryl methyl sites for hydroxylation is 2. The van der Waals surface area contributed by atoms with Crippen molar-refractivity contribution < 1.29 is 14.3 Å². The van der Waals surface area contributed by atoms with E-state index in [-0.39, 0.29) is 11.8 Å². The van der Waals surface area contributed by atoms with Crippen molar-refractivity contribution in [2.24, 2.45) is 5.92 Å². The molecule has 10 nitrogen and oxygen atoms in total. The Balaban J connectivity index is 1.23. The number of hydrogen-bond donors (Lipinski definition) is 3. The van der Waals surface area contributed by atoms with E-state index in [1.807, 2.05) is 39.0 Å². The molecule has 0 bridgehead atoms. The van der Waals surface area contributed by atoms with Crippen LogP contribution in [0.1, 0.15) is 66.3 Å². The lowest BCUT2D eigenvalue weighted by Crippen LogP contribution is -2.33. The molecule has 1 aliphatic rings. The quantitative estimate of drug-likeness (QED) is 0.352. The summed E-state index contributed by atoms with van der Waals surface area (Å²) >= 11 is 0. The van der Waals surface area contributed by atoms with E-state index >= 15 is 0 Å². The lowest BCUT2D eigenvalue weighted by atomic mass is 9.93. The molecule has 3 atom stereocenters. The SMILES string of the molecule is Cc1cc(Cc2cc(C)[nH]n2)nc([C@@]2(O)CC[C@H](C(=O)N[C@@H](C)c3cnc(-n4cc(F)cn4)cn3)C2)c1. The molecule has 1 fully saturated rings. The number of nitrogens with zero attached hydrogens (tertiary/aromatic N) is 6. The molecular formula is C26H29FN8O2. The second-order valence-corrected chi connectivity index (χ2v) is 9.84. The summed E-state index contributed by atoms with van der Waals surface area (Å²) in [5.41, 5.74) is 3.69. The van der Waals surface area contributed by atoms with Crippen LogP contribution in [0.3, 0.4) is 0 Å². The van der Waals surface area contributed by atoms with E-state index in [1.54, 1.807) is 0 Å². The van der Waals surface area contributed by atoms with Crippen LogP contribution in [0.15, 0.2) is 43.0 Å². The van der Waals surface area contributed by atoms with Gasteiger partial charge in [-0.3, -0.25) is 19.9 Å². The average Bonchev–Trinajstić information content (AvgIpc) is 3.59. The van der Waals surface area contributed by atoms with Gasteiger partial charge in [0.1, 0.15) is 5.60 Å². The van der Waals surface area contributed by atoms with Crippen molar-refractivity contribution >= 4 is 5.91 Å². The molecule has 4 heterocycles. The number of hydrogen-bond acceptors (Lipinski definition) is 7. The highest BCUT2D eigenvalue weighted by Gasteiger charge is 2.43. The Kier molecular flexibility index (Phi) is 6.55. The molecule has 37 heavy (non-hydrogen) atoms. The number of aromatic nitrogens is 7. The Morgan fingerprint density at radius 2 is 2.08 bits per heavy atom. The molecule has 0 saturated heterocycles. The molecule has 1 amide bonds. The van der Waals surface area contributed by atoms with E-state index in [0.717, 1.165) is 28.8 Å². The maximum Gasteiger partial charge on any atom is 0.223 e. The number of carbonyl (C=O) groups is 1. The summed E-state index contributed by atoms with van der Waals surface area (Å²) in [6.07, 6.45) is 7.16. The van der Waals surface area contributed by atoms with Crippen molar-refractivity contribution in [3.63, 3.8) is 0 Å². The van der Waals surface area contributed by atoms with Gasteiger partial charge in [-0.1, -0.05) is 0 Å². The van der Waals surface area contributed by atoms with Gasteiger partial charge in [0.15, 0.2) is 11.6 Å². The number of carbonyl (C=O) groups excluding carboxylic acids is 1. The van der Waals surface area contributed by atoms with Gasteiger partial charge < -0.3 is 10.4 Å². The van der Waals surface area contributed by atoms with Gasteiger partial charge >= 0.3 is 0 Å². The third-order valence-corrected chi connectivity index (χ3v) is 6.73. The molecule has 0 aliphatic heterocycles. The van der Waals surface area contributed by atoms with Gasteiger partial charge in [0.2, 0.25) is 5.91 Å². The Hall–Kier alpha value is -3.99. The number of rotatable bonds is 7. The number of H-pyrrole nitrogens is 1. The van der Waals surface area contributed by atoms with Gasteiger partial charge in [0.25, 0.3) is 0 Å². The Labute approximate surface area is 213 Å². The van der Waals surface area contributed by atoms with Gasteiger partial charge in [-0.05, 0) is 63.8 Å². The van der Waals surface area contributed by atoms with Crippen LogP contribution in [0, 0.1) is 25.6 Å². The summed E-state index contributed by atoms with van der Waals surface area (Å²) in [5, 5.41) is 25.5. The van der Waals surface area contributed by atoms with E-state index in [2.05, 4.69) is 30.6 Å². The first kappa shape index (κ1) is 24.7. The predicted molar refractivity (Wildman–Crippen MR) is 132 cm³/mol. The zero-order valence-electron chi connectivity index (χ0n) is 20.9. The standard InChI is InChI=1S/C26H29FN8O2/c1-15-6-20(9-21-8-16(2)33-34-21)32-23(7-15)26(37)5-4-18(10-26)25(36)31-17(3)22-12-29-24(13-28-22)35-14-19(27)11-30-35/h6-8,11-14,17-18,37H,4-5,9-10H2,1-3H3,(H,31,36)(H,33,34)/t17-,18-,26+/m0/s1. The highest BCUT2D eigenvalue weighted by atomic mass is 19.1. The normalized spacial score (nSPS) is 20.2. The van der Waals surface area contributed by atoms with Crippen LogP contribution in [0.4, 0.5) is 4.39 Å². The van der Waals surface area contributed by atoms with Crippen molar-refractivity contribution in [2.75, 3.05) is 0 Å². The van der Waals surface area contributed by atoms with Crippen LogP contribution < -0.4 is 5.32 Å². The van der Waals surface area contributed by atoms with Crippen LogP contribution in [0.25, 0.3) is 5.82 Å². The van der Waals surface area contributed by atoms with E-state index in [4.69, 9.17) is 4.98 Å². The van der Waals surface area contributed by atoms with E-state index in [1.165, 1.54) is 23.3 Å². The fraction of sp³-hybridized carbons (Fsp3) is 0.385. The molecule has 3 N–H and O–H groups in total. The van der Waals surface area contributed by atoms with Crippen LogP contribution >= 0.6 is 0 Å². The van der Waals surface area contributed by atoms with Crippen LogP contribution in [0.5, 0.6) is 0 Å². The van der Waals surface area contributed by atoms with Crippen molar-refractivity contribution in [3.8, 4) is 5.82 Å². The number of pyridine rings is 1. The second-order valence-electron chi connectivity index (χ2n) is 9.84. The van der Waals surface area contributed by atoms with Crippen molar-refractivity contribution in [2.45, 2.75) is 58.1 Å². The molecule has 0 radical (unpaired) electrons. The minimum Gasteiger partial charge on any atom is -0.384 e. The average molecular weight is 505 g/mol. The number of aromatic amines is 1. The van der Waals surface area contributed by atoms with Crippen LogP contribution in [-0.4, -0.2) is 45.9 Å². The van der Waals surface area contributed by atoms with Gasteiger partial charge in [0, 0.05) is 23.7 Å². The van der Waals surface area contributed by atoms with Gasteiger partial charge in [0.05, 0.1) is 47.9 Å². The summed E-state index contributed by atoms with van der Waals surface area (Å²) in [6, 6.07) is 5.47. The summed E-state index contributed by atoms with van der Waals surface area (Å²) in [4.78, 5) is 26.4. The van der Waals surface area contributed by atoms with E-state index in [0.29, 0.717) is 42.9 Å². The molecule has 5 rings (SSSR count). The molecule has 0 spiro atoms. The molecular weight excluding hydrogens is 475 g/mol. The van der Waals surface area contributed by atoms with Gasteiger partial charge in [-0.25, -0.2) is 14.1 Å². The molecule has 4 aromatic rings. The Morgan fingerprint density at radius 3 is 2.76 bits per heavy atom. The monoisotopic (exact) mass is 504 g/mol. The van der Waals surface area contributed by atoms with Gasteiger partial charge in [-0.15, -0.1) is 0 Å². The molecule has 11 heteroatoms. The van der Waals surface area contributed by atoms with Crippen molar-refractivity contribution in [1.82, 2.24) is 40.2 Å². The van der Waals surface area contributed by atoms with E-state index < -0.39 is 17.5 Å². The second kappa shape index (κ2) is 9.81. The molecule has 1 aliphatic carbocycles. The lowest BCUT2D eigenvalue weighted by Gasteiger charge is -2.24. The smallest absolute Gasteiger partial charge is 0.223 e. The molecule has 0 aromatic carbocycles. The maximum atomic E-state index is 13.2. The molecule has 1 saturated carbocycles. The Bertz CT molecular complexity index is 1420. The summed E-state index contributed by atoms with van der Waals surface area (Å²) in [5.74, 6) is -0.595. The zero-order valence-corrected chi connectivity index (χ0v) is 20.9. The van der Waals surface area contributed by atoms with Crippen molar-refractivity contribution in [1.29, 1.82) is 0 Å². The largest absolute Gasteiger partial charge is 0.384 e. The number of aliphatic hydroxyl groups is 1. The highest BCUT2D eigenvalue weighted by molar-refractivity contribution is 5.79.